The minimum absolute atomic E-state index is 0.115. The number of rotatable bonds is 3. The van der Waals surface area contributed by atoms with Crippen molar-refractivity contribution in [2.45, 2.75) is 0 Å². The molecule has 0 aliphatic carbocycles. The summed E-state index contributed by atoms with van der Waals surface area (Å²) >= 11 is 0. The third-order valence-corrected chi connectivity index (χ3v) is 1.65. The Labute approximate surface area is 79.4 Å². The van der Waals surface area contributed by atoms with E-state index in [9.17, 15) is 13.6 Å². The van der Waals surface area contributed by atoms with Crippen LogP contribution in [0.1, 0.15) is 10.4 Å². The molecular formula is C9H9F2NO2. The van der Waals surface area contributed by atoms with Gasteiger partial charge in [0.2, 0.25) is 0 Å². The van der Waals surface area contributed by atoms with Crippen molar-refractivity contribution >= 4 is 5.78 Å². The highest BCUT2D eigenvalue weighted by molar-refractivity contribution is 6.00. The van der Waals surface area contributed by atoms with Crippen molar-refractivity contribution in [3.63, 3.8) is 0 Å². The van der Waals surface area contributed by atoms with E-state index >= 15 is 0 Å². The number of aromatic hydroxyl groups is 1. The first-order chi connectivity index (χ1) is 6.56. The number of carbonyl (C=O) groups is 1. The molecule has 2 N–H and O–H groups in total. The summed E-state index contributed by atoms with van der Waals surface area (Å²) in [5.41, 5.74) is -0.485. The number of halogens is 2. The maximum Gasteiger partial charge on any atom is 0.183 e. The van der Waals surface area contributed by atoms with Gasteiger partial charge in [0.05, 0.1) is 12.1 Å². The monoisotopic (exact) mass is 201 g/mol. The van der Waals surface area contributed by atoms with Crippen molar-refractivity contribution in [3.8, 4) is 5.75 Å². The van der Waals surface area contributed by atoms with Crippen molar-refractivity contribution in [2.24, 2.45) is 0 Å². The number of phenols is 1. The molecule has 14 heavy (non-hydrogen) atoms. The topological polar surface area (TPSA) is 49.3 Å². The summed E-state index contributed by atoms with van der Waals surface area (Å²) in [6, 6.07) is 1.26. The Hall–Kier alpha value is -1.49. The molecule has 5 heteroatoms. The highest BCUT2D eigenvalue weighted by atomic mass is 19.1. The van der Waals surface area contributed by atoms with E-state index in [4.69, 9.17) is 5.11 Å². The van der Waals surface area contributed by atoms with Crippen LogP contribution in [0.15, 0.2) is 12.1 Å². The third kappa shape index (κ3) is 2.05. The van der Waals surface area contributed by atoms with Crippen LogP contribution in [0.25, 0.3) is 0 Å². The van der Waals surface area contributed by atoms with Gasteiger partial charge in [-0.2, -0.15) is 0 Å². The van der Waals surface area contributed by atoms with Crippen molar-refractivity contribution in [3.05, 3.63) is 29.3 Å². The molecule has 3 nitrogen and oxygen atoms in total. The van der Waals surface area contributed by atoms with Gasteiger partial charge in [0.1, 0.15) is 17.4 Å². The number of nitrogens with one attached hydrogen (secondary N) is 1. The average molecular weight is 201 g/mol. The Balaban J connectivity index is 3.14. The third-order valence-electron chi connectivity index (χ3n) is 1.65. The van der Waals surface area contributed by atoms with Gasteiger partial charge in [-0.1, -0.05) is 0 Å². The molecule has 0 heterocycles. The van der Waals surface area contributed by atoms with E-state index in [1.54, 1.807) is 0 Å². The lowest BCUT2D eigenvalue weighted by molar-refractivity contribution is 0.0987. The van der Waals surface area contributed by atoms with Gasteiger partial charge in [-0.3, -0.25) is 4.79 Å². The molecule has 1 aromatic carbocycles. The lowest BCUT2D eigenvalue weighted by Crippen LogP contribution is -2.19. The average Bonchev–Trinajstić information content (AvgIpc) is 2.01. The second kappa shape index (κ2) is 4.15. The van der Waals surface area contributed by atoms with Gasteiger partial charge < -0.3 is 10.4 Å². The van der Waals surface area contributed by atoms with Crippen molar-refractivity contribution in [2.75, 3.05) is 13.6 Å². The molecule has 0 amide bonds. The van der Waals surface area contributed by atoms with Crippen molar-refractivity contribution in [1.29, 1.82) is 0 Å². The number of Topliss-reactive ketones (excluding diaryl/α,β-unsaturated/α-hetero) is 1. The van der Waals surface area contributed by atoms with E-state index in [1.165, 1.54) is 7.05 Å². The van der Waals surface area contributed by atoms with Gasteiger partial charge in [0.15, 0.2) is 5.78 Å². The van der Waals surface area contributed by atoms with E-state index in [1.807, 2.05) is 0 Å². The molecule has 0 aromatic heterocycles. The summed E-state index contributed by atoms with van der Waals surface area (Å²) in [7, 11) is 1.51. The lowest BCUT2D eigenvalue weighted by Gasteiger charge is -2.04. The van der Waals surface area contributed by atoms with Crippen LogP contribution in [0.4, 0.5) is 8.78 Å². The summed E-state index contributed by atoms with van der Waals surface area (Å²) < 4.78 is 25.6. The largest absolute Gasteiger partial charge is 0.507 e. The number of ketones is 1. The first kappa shape index (κ1) is 10.6. The molecule has 0 fully saturated rings. The summed E-state index contributed by atoms with van der Waals surface area (Å²) in [6.45, 7) is -0.115. The van der Waals surface area contributed by atoms with Gasteiger partial charge in [-0.15, -0.1) is 0 Å². The molecule has 0 aliphatic heterocycles. The Morgan fingerprint density at radius 3 is 2.64 bits per heavy atom. The molecule has 0 bridgehead atoms. The summed E-state index contributed by atoms with van der Waals surface area (Å²) in [6.07, 6.45) is 0. The van der Waals surface area contributed by atoms with Gasteiger partial charge in [0.25, 0.3) is 0 Å². The molecule has 0 spiro atoms. The SMILES string of the molecule is CNCC(=O)c1c(O)cc(F)cc1F. The van der Waals surface area contributed by atoms with Gasteiger partial charge >= 0.3 is 0 Å². The minimum atomic E-state index is -1.05. The first-order valence-corrected chi connectivity index (χ1v) is 3.92. The highest BCUT2D eigenvalue weighted by Gasteiger charge is 2.17. The second-order valence-electron chi connectivity index (χ2n) is 2.74. The minimum Gasteiger partial charge on any atom is -0.507 e. The second-order valence-corrected chi connectivity index (χ2v) is 2.74. The molecular weight excluding hydrogens is 192 g/mol. The fourth-order valence-corrected chi connectivity index (χ4v) is 1.09. The zero-order valence-electron chi connectivity index (χ0n) is 7.47. The lowest BCUT2D eigenvalue weighted by atomic mass is 10.1. The molecule has 0 atom stereocenters. The maximum atomic E-state index is 13.0. The molecule has 0 unspecified atom stereocenters. The van der Waals surface area contributed by atoms with Gasteiger partial charge in [0, 0.05) is 12.1 Å². The van der Waals surface area contributed by atoms with Crippen LogP contribution in [0.3, 0.4) is 0 Å². The smallest absolute Gasteiger partial charge is 0.183 e. The quantitative estimate of drug-likeness (QED) is 0.719. The standard InChI is InChI=1S/C9H9F2NO2/c1-12-4-8(14)9-6(11)2-5(10)3-7(9)13/h2-3,12-13H,4H2,1H3. The van der Waals surface area contributed by atoms with E-state index in [0.717, 1.165) is 0 Å². The molecule has 0 radical (unpaired) electrons. The summed E-state index contributed by atoms with van der Waals surface area (Å²) in [5, 5.41) is 11.7. The van der Waals surface area contributed by atoms with Gasteiger partial charge in [-0.05, 0) is 7.05 Å². The predicted molar refractivity (Wildman–Crippen MR) is 46.3 cm³/mol. The number of benzene rings is 1. The number of carbonyl (C=O) groups excluding carboxylic acids is 1. The summed E-state index contributed by atoms with van der Waals surface area (Å²) in [5.74, 6) is -3.27. The molecule has 1 aromatic rings. The number of hydrogen-bond acceptors (Lipinski definition) is 3. The van der Waals surface area contributed by atoms with Crippen LogP contribution in [0.2, 0.25) is 0 Å². The van der Waals surface area contributed by atoms with Crippen LogP contribution >= 0.6 is 0 Å². The normalized spacial score (nSPS) is 10.2. The molecule has 0 aliphatic rings. The zero-order chi connectivity index (χ0) is 10.7. The van der Waals surface area contributed by atoms with Crippen LogP contribution < -0.4 is 5.32 Å². The van der Waals surface area contributed by atoms with E-state index in [0.29, 0.717) is 12.1 Å². The number of likely N-dealkylation sites (N-methyl/N-ethyl adjacent to an activating group) is 1. The van der Waals surface area contributed by atoms with Gasteiger partial charge in [-0.25, -0.2) is 8.78 Å². The molecule has 76 valence electrons. The van der Waals surface area contributed by atoms with Crippen molar-refractivity contribution < 1.29 is 18.7 Å². The maximum absolute atomic E-state index is 13.0. The van der Waals surface area contributed by atoms with E-state index in [2.05, 4.69) is 5.32 Å². The number of hydrogen-bond donors (Lipinski definition) is 2. The van der Waals surface area contributed by atoms with Crippen molar-refractivity contribution in [1.82, 2.24) is 5.32 Å². The summed E-state index contributed by atoms with van der Waals surface area (Å²) in [4.78, 5) is 11.2. The Morgan fingerprint density at radius 1 is 1.50 bits per heavy atom. The predicted octanol–water partition coefficient (Wildman–Crippen LogP) is 1.07. The van der Waals surface area contributed by atoms with Crippen LogP contribution in [0, 0.1) is 11.6 Å². The molecule has 0 saturated carbocycles. The van der Waals surface area contributed by atoms with Crippen LogP contribution in [-0.2, 0) is 0 Å². The van der Waals surface area contributed by atoms with E-state index < -0.39 is 28.7 Å². The first-order valence-electron chi connectivity index (χ1n) is 3.92. The molecule has 1 rings (SSSR count). The number of phenolic OH excluding ortho intramolecular Hbond substituents is 1. The van der Waals surface area contributed by atoms with Crippen LogP contribution in [0.5, 0.6) is 5.75 Å². The van der Waals surface area contributed by atoms with E-state index in [-0.39, 0.29) is 6.54 Å². The molecule has 0 saturated heterocycles. The zero-order valence-corrected chi connectivity index (χ0v) is 7.47. The van der Waals surface area contributed by atoms with Crippen LogP contribution in [-0.4, -0.2) is 24.5 Å². The highest BCUT2D eigenvalue weighted by Crippen LogP contribution is 2.22. The Kier molecular flexibility index (Phi) is 3.14. The Morgan fingerprint density at radius 2 is 2.14 bits per heavy atom. The fourth-order valence-electron chi connectivity index (χ4n) is 1.09. The fraction of sp³-hybridized carbons (Fsp3) is 0.222. The Bertz CT molecular complexity index is 343.